The van der Waals surface area contributed by atoms with Crippen molar-refractivity contribution in [2.75, 3.05) is 13.2 Å². The Morgan fingerprint density at radius 2 is 1.89 bits per heavy atom. The monoisotopic (exact) mass is 382 g/mol. The second-order valence-corrected chi connectivity index (χ2v) is 6.91. The van der Waals surface area contributed by atoms with Gasteiger partial charge in [-0.25, -0.2) is 4.79 Å². The number of amides is 3. The van der Waals surface area contributed by atoms with Gasteiger partial charge in [-0.1, -0.05) is 44.2 Å². The number of benzene rings is 2. The van der Waals surface area contributed by atoms with Gasteiger partial charge >= 0.3 is 12.0 Å². The summed E-state index contributed by atoms with van der Waals surface area (Å²) in [5.74, 6) is -0.995. The highest BCUT2D eigenvalue weighted by Crippen LogP contribution is 2.30. The second-order valence-electron chi connectivity index (χ2n) is 6.91. The summed E-state index contributed by atoms with van der Waals surface area (Å²) < 4.78 is 10.5. The maximum Gasteiger partial charge on any atom is 0.321 e. The number of esters is 1. The van der Waals surface area contributed by atoms with Crippen LogP contribution in [0.25, 0.3) is 21.7 Å². The summed E-state index contributed by atoms with van der Waals surface area (Å²) in [6.07, 6.45) is 1.49. The van der Waals surface area contributed by atoms with Crippen molar-refractivity contribution in [1.29, 1.82) is 0 Å². The van der Waals surface area contributed by atoms with Crippen LogP contribution in [-0.2, 0) is 20.7 Å². The molecule has 1 heterocycles. The molecule has 0 aliphatic rings. The Morgan fingerprint density at radius 3 is 2.68 bits per heavy atom. The van der Waals surface area contributed by atoms with Crippen LogP contribution in [0.5, 0.6) is 0 Å². The fraction of sp³-hybridized carbons (Fsp3) is 0.286. The average Bonchev–Trinajstić information content (AvgIpc) is 3.08. The first-order valence-electron chi connectivity index (χ1n) is 9.05. The van der Waals surface area contributed by atoms with Gasteiger partial charge in [0.15, 0.2) is 6.61 Å². The topological polar surface area (TPSA) is 97.6 Å². The van der Waals surface area contributed by atoms with Crippen molar-refractivity contribution in [3.63, 3.8) is 0 Å². The predicted octanol–water partition coefficient (Wildman–Crippen LogP) is 3.15. The zero-order valence-electron chi connectivity index (χ0n) is 15.8. The lowest BCUT2D eigenvalue weighted by molar-refractivity contribution is -0.147. The Labute approximate surface area is 162 Å². The molecule has 7 heteroatoms. The smallest absolute Gasteiger partial charge is 0.321 e. The summed E-state index contributed by atoms with van der Waals surface area (Å²) in [6.45, 7) is 3.80. The molecule has 3 aromatic rings. The van der Waals surface area contributed by atoms with Gasteiger partial charge in [0.1, 0.15) is 5.58 Å². The average molecular weight is 382 g/mol. The van der Waals surface area contributed by atoms with Crippen LogP contribution in [-0.4, -0.2) is 31.1 Å². The molecule has 3 amide bonds. The summed E-state index contributed by atoms with van der Waals surface area (Å²) in [6, 6.07) is 11.0. The van der Waals surface area contributed by atoms with E-state index in [-0.39, 0.29) is 12.3 Å². The number of furan rings is 1. The van der Waals surface area contributed by atoms with Crippen molar-refractivity contribution in [3.05, 3.63) is 48.2 Å². The molecule has 0 saturated heterocycles. The van der Waals surface area contributed by atoms with Crippen LogP contribution in [0.2, 0.25) is 0 Å². The van der Waals surface area contributed by atoms with E-state index >= 15 is 0 Å². The number of fused-ring (bicyclic) bond motifs is 3. The molecule has 0 saturated carbocycles. The van der Waals surface area contributed by atoms with Crippen LogP contribution in [0.1, 0.15) is 19.4 Å². The van der Waals surface area contributed by atoms with E-state index in [9.17, 15) is 14.4 Å². The molecule has 146 valence electrons. The summed E-state index contributed by atoms with van der Waals surface area (Å²) >= 11 is 0. The van der Waals surface area contributed by atoms with Gasteiger partial charge < -0.3 is 14.5 Å². The van der Waals surface area contributed by atoms with E-state index in [0.29, 0.717) is 17.7 Å². The van der Waals surface area contributed by atoms with Crippen LogP contribution in [0.4, 0.5) is 4.79 Å². The third kappa shape index (κ3) is 4.68. The molecule has 0 atom stereocenters. The van der Waals surface area contributed by atoms with Crippen LogP contribution < -0.4 is 10.6 Å². The van der Waals surface area contributed by atoms with Crippen molar-refractivity contribution in [2.24, 2.45) is 5.92 Å². The van der Waals surface area contributed by atoms with E-state index in [2.05, 4.69) is 10.6 Å². The molecule has 7 nitrogen and oxygen atoms in total. The largest absolute Gasteiger partial charge is 0.464 e. The van der Waals surface area contributed by atoms with Gasteiger partial charge in [-0.3, -0.25) is 14.9 Å². The zero-order valence-corrected chi connectivity index (χ0v) is 15.8. The molecule has 2 aromatic carbocycles. The van der Waals surface area contributed by atoms with Gasteiger partial charge in [-0.2, -0.15) is 0 Å². The molecule has 3 rings (SSSR count). The highest BCUT2D eigenvalue weighted by atomic mass is 16.5. The lowest BCUT2D eigenvalue weighted by atomic mass is 10.0. The minimum Gasteiger partial charge on any atom is -0.464 e. The first kappa shape index (κ1) is 19.4. The van der Waals surface area contributed by atoms with Crippen molar-refractivity contribution >= 4 is 39.6 Å². The first-order valence-corrected chi connectivity index (χ1v) is 9.05. The predicted molar refractivity (Wildman–Crippen MR) is 105 cm³/mol. The number of urea groups is 1. The van der Waals surface area contributed by atoms with E-state index < -0.39 is 24.5 Å². The number of hydrogen-bond acceptors (Lipinski definition) is 5. The fourth-order valence-corrected chi connectivity index (χ4v) is 2.86. The summed E-state index contributed by atoms with van der Waals surface area (Å²) in [5.41, 5.74) is 1.37. The third-order valence-corrected chi connectivity index (χ3v) is 4.16. The van der Waals surface area contributed by atoms with E-state index in [1.165, 1.54) is 6.26 Å². The van der Waals surface area contributed by atoms with Crippen LogP contribution >= 0.6 is 0 Å². The molecule has 0 aliphatic heterocycles. The number of nitrogens with one attached hydrogen (secondary N) is 2. The molecule has 28 heavy (non-hydrogen) atoms. The molecule has 2 N–H and O–H groups in total. The van der Waals surface area contributed by atoms with Crippen molar-refractivity contribution in [2.45, 2.75) is 20.3 Å². The first-order chi connectivity index (χ1) is 13.4. The number of carbonyl (C=O) groups excluding carboxylic acids is 3. The Hall–Kier alpha value is -3.35. The normalized spacial score (nSPS) is 11.0. The molecule has 1 aromatic heterocycles. The third-order valence-electron chi connectivity index (χ3n) is 4.16. The van der Waals surface area contributed by atoms with Crippen LogP contribution in [0, 0.1) is 5.92 Å². The van der Waals surface area contributed by atoms with Crippen LogP contribution in [0.15, 0.2) is 47.1 Å². The number of ether oxygens (including phenoxy) is 1. The molecule has 0 aliphatic carbocycles. The minimum absolute atomic E-state index is 0.0339. The molecule has 0 fully saturated rings. The number of hydrogen-bond donors (Lipinski definition) is 2. The van der Waals surface area contributed by atoms with Gasteiger partial charge in [0.05, 0.1) is 12.7 Å². The quantitative estimate of drug-likeness (QED) is 0.638. The number of carbonyl (C=O) groups is 3. The van der Waals surface area contributed by atoms with Crippen molar-refractivity contribution in [3.8, 4) is 0 Å². The van der Waals surface area contributed by atoms with Gasteiger partial charge in [0.25, 0.3) is 5.91 Å². The Balaban J connectivity index is 1.59. The van der Waals surface area contributed by atoms with Gasteiger partial charge in [-0.15, -0.1) is 0 Å². The van der Waals surface area contributed by atoms with Crippen LogP contribution in [0.3, 0.4) is 0 Å². The van der Waals surface area contributed by atoms with E-state index in [1.807, 2.05) is 50.2 Å². The lowest BCUT2D eigenvalue weighted by Gasteiger charge is -2.09. The zero-order chi connectivity index (χ0) is 20.1. The lowest BCUT2D eigenvalue weighted by Crippen LogP contribution is -2.42. The highest BCUT2D eigenvalue weighted by Gasteiger charge is 2.16. The summed E-state index contributed by atoms with van der Waals surface area (Å²) in [5, 5.41) is 7.55. The molecular weight excluding hydrogens is 360 g/mol. The SMILES string of the molecule is CC(C)CNC(=O)NC(=O)COC(=O)Cc1coc2ccc3ccccc3c12. The minimum atomic E-state index is -0.683. The van der Waals surface area contributed by atoms with Crippen molar-refractivity contribution < 1.29 is 23.5 Å². The molecule has 0 unspecified atom stereocenters. The Kier molecular flexibility index (Phi) is 5.93. The fourth-order valence-electron chi connectivity index (χ4n) is 2.86. The highest BCUT2D eigenvalue weighted by molar-refractivity contribution is 6.08. The van der Waals surface area contributed by atoms with E-state index in [0.717, 1.165) is 16.2 Å². The number of rotatable bonds is 6. The maximum atomic E-state index is 12.2. The van der Waals surface area contributed by atoms with Crippen molar-refractivity contribution in [1.82, 2.24) is 10.6 Å². The summed E-state index contributed by atoms with van der Waals surface area (Å²) in [7, 11) is 0. The Bertz CT molecular complexity index is 1020. The van der Waals surface area contributed by atoms with Gasteiger partial charge in [0.2, 0.25) is 0 Å². The van der Waals surface area contributed by atoms with E-state index in [4.69, 9.17) is 9.15 Å². The molecular formula is C21H22N2O5. The summed E-state index contributed by atoms with van der Waals surface area (Å²) in [4.78, 5) is 35.4. The molecule has 0 radical (unpaired) electrons. The van der Waals surface area contributed by atoms with Gasteiger partial charge in [0, 0.05) is 17.5 Å². The molecule has 0 bridgehead atoms. The number of imide groups is 1. The van der Waals surface area contributed by atoms with Gasteiger partial charge in [-0.05, 0) is 22.8 Å². The second kappa shape index (κ2) is 8.56. The van der Waals surface area contributed by atoms with E-state index in [1.54, 1.807) is 0 Å². The molecule has 0 spiro atoms. The standard InChI is InChI=1S/C21H22N2O5/c1-13(2)10-22-21(26)23-18(24)12-28-19(25)9-15-11-27-17-8-7-14-5-3-4-6-16(14)20(15)17/h3-8,11,13H,9-10,12H2,1-2H3,(H2,22,23,24,26). The Morgan fingerprint density at radius 1 is 1.11 bits per heavy atom. The maximum absolute atomic E-state index is 12.2.